The Morgan fingerprint density at radius 3 is 2.81 bits per heavy atom. The molecule has 0 spiro atoms. The number of ether oxygens (including phenoxy) is 2. The van der Waals surface area contributed by atoms with Gasteiger partial charge in [-0.25, -0.2) is 0 Å². The molecular weight excluding hydrogens is 344 g/mol. The molecular formula is C13H17BrN2O5. The standard InChI is InChI=1S/C13H17BrN2O5/c1-20-12-9-10(3-4-11(12)16(18)19)13(17)15-6-2-7-21-8-5-14/h3-4,9H,2,5-8H2,1H3,(H,15,17). The van der Waals surface area contributed by atoms with E-state index in [1.807, 2.05) is 0 Å². The minimum atomic E-state index is -0.554. The predicted molar refractivity (Wildman–Crippen MR) is 81.2 cm³/mol. The number of hydrogen-bond donors (Lipinski definition) is 1. The topological polar surface area (TPSA) is 90.7 Å². The lowest BCUT2D eigenvalue weighted by molar-refractivity contribution is -0.385. The fraction of sp³-hybridized carbons (Fsp3) is 0.462. The van der Waals surface area contributed by atoms with E-state index in [2.05, 4.69) is 21.2 Å². The number of nitro groups is 1. The monoisotopic (exact) mass is 360 g/mol. The highest BCUT2D eigenvalue weighted by molar-refractivity contribution is 9.09. The lowest BCUT2D eigenvalue weighted by Crippen LogP contribution is -2.25. The van der Waals surface area contributed by atoms with Crippen molar-refractivity contribution < 1.29 is 19.2 Å². The summed E-state index contributed by atoms with van der Waals surface area (Å²) >= 11 is 3.25. The highest BCUT2D eigenvalue weighted by Gasteiger charge is 2.17. The van der Waals surface area contributed by atoms with E-state index in [4.69, 9.17) is 9.47 Å². The molecule has 0 fully saturated rings. The molecule has 0 saturated heterocycles. The molecule has 0 aliphatic carbocycles. The van der Waals surface area contributed by atoms with Gasteiger partial charge in [0, 0.05) is 36.2 Å². The van der Waals surface area contributed by atoms with Gasteiger partial charge in [-0.1, -0.05) is 15.9 Å². The zero-order valence-electron chi connectivity index (χ0n) is 11.6. The second kappa shape index (κ2) is 9.30. The first kappa shape index (κ1) is 17.4. The maximum Gasteiger partial charge on any atom is 0.310 e. The summed E-state index contributed by atoms with van der Waals surface area (Å²) in [7, 11) is 1.32. The van der Waals surface area contributed by atoms with Gasteiger partial charge in [-0.15, -0.1) is 0 Å². The number of methoxy groups -OCH3 is 1. The predicted octanol–water partition coefficient (Wildman–Crippen LogP) is 2.13. The summed E-state index contributed by atoms with van der Waals surface area (Å²) < 4.78 is 10.2. The van der Waals surface area contributed by atoms with E-state index in [1.165, 1.54) is 25.3 Å². The maximum atomic E-state index is 11.9. The van der Waals surface area contributed by atoms with Crippen molar-refractivity contribution >= 4 is 27.5 Å². The second-order valence-corrected chi connectivity index (χ2v) is 4.85. The zero-order chi connectivity index (χ0) is 15.7. The van der Waals surface area contributed by atoms with E-state index in [0.29, 0.717) is 31.7 Å². The van der Waals surface area contributed by atoms with Crippen molar-refractivity contribution in [3.63, 3.8) is 0 Å². The molecule has 1 aromatic rings. The number of nitrogens with zero attached hydrogens (tertiary/aromatic N) is 1. The van der Waals surface area contributed by atoms with Crippen LogP contribution in [0.4, 0.5) is 5.69 Å². The van der Waals surface area contributed by atoms with Gasteiger partial charge in [0.2, 0.25) is 0 Å². The number of carbonyl (C=O) groups excluding carboxylic acids is 1. The van der Waals surface area contributed by atoms with Crippen LogP contribution in [0, 0.1) is 10.1 Å². The summed E-state index contributed by atoms with van der Waals surface area (Å²) in [6.07, 6.45) is 0.697. The fourth-order valence-corrected chi connectivity index (χ4v) is 1.83. The van der Waals surface area contributed by atoms with Gasteiger partial charge in [-0.2, -0.15) is 0 Å². The molecule has 1 N–H and O–H groups in total. The summed E-state index contributed by atoms with van der Waals surface area (Å²) in [6, 6.07) is 4.01. The molecule has 0 aliphatic heterocycles. The Balaban J connectivity index is 2.53. The van der Waals surface area contributed by atoms with Crippen LogP contribution in [0.3, 0.4) is 0 Å². The summed E-state index contributed by atoms with van der Waals surface area (Å²) in [4.78, 5) is 22.1. The first-order chi connectivity index (χ1) is 10.1. The number of halogens is 1. The van der Waals surface area contributed by atoms with Gasteiger partial charge in [0.25, 0.3) is 5.91 Å². The van der Waals surface area contributed by atoms with E-state index in [1.54, 1.807) is 0 Å². The van der Waals surface area contributed by atoms with E-state index in [9.17, 15) is 14.9 Å². The Morgan fingerprint density at radius 2 is 2.19 bits per heavy atom. The van der Waals surface area contributed by atoms with Crippen LogP contribution in [0.2, 0.25) is 0 Å². The number of alkyl halides is 1. The molecule has 1 rings (SSSR count). The molecule has 0 heterocycles. The van der Waals surface area contributed by atoms with Gasteiger partial charge in [0.1, 0.15) is 0 Å². The smallest absolute Gasteiger partial charge is 0.310 e. The van der Waals surface area contributed by atoms with Gasteiger partial charge in [-0.3, -0.25) is 14.9 Å². The molecule has 0 aromatic heterocycles. The average Bonchev–Trinajstić information content (AvgIpc) is 2.49. The Hall–Kier alpha value is -1.67. The van der Waals surface area contributed by atoms with Crippen LogP contribution in [-0.2, 0) is 4.74 Å². The Labute approximate surface area is 130 Å². The van der Waals surface area contributed by atoms with Gasteiger partial charge in [0.05, 0.1) is 18.6 Å². The maximum absolute atomic E-state index is 11.9. The lowest BCUT2D eigenvalue weighted by atomic mass is 10.1. The number of rotatable bonds is 9. The van der Waals surface area contributed by atoms with Gasteiger partial charge >= 0.3 is 5.69 Å². The summed E-state index contributed by atoms with van der Waals surface area (Å²) in [6.45, 7) is 1.67. The van der Waals surface area contributed by atoms with E-state index in [-0.39, 0.29) is 17.3 Å². The van der Waals surface area contributed by atoms with E-state index < -0.39 is 4.92 Å². The number of hydrogen-bond acceptors (Lipinski definition) is 5. The van der Waals surface area contributed by atoms with Crippen molar-refractivity contribution in [2.45, 2.75) is 6.42 Å². The Bertz CT molecular complexity index is 495. The van der Waals surface area contributed by atoms with E-state index >= 15 is 0 Å². The Kier molecular flexibility index (Phi) is 7.70. The molecule has 0 saturated carbocycles. The zero-order valence-corrected chi connectivity index (χ0v) is 13.2. The highest BCUT2D eigenvalue weighted by atomic mass is 79.9. The van der Waals surface area contributed by atoms with E-state index in [0.717, 1.165) is 5.33 Å². The van der Waals surface area contributed by atoms with Crippen LogP contribution in [0.15, 0.2) is 18.2 Å². The lowest BCUT2D eigenvalue weighted by Gasteiger charge is -2.07. The average molecular weight is 361 g/mol. The first-order valence-corrected chi connectivity index (χ1v) is 7.46. The molecule has 1 amide bonds. The Morgan fingerprint density at radius 1 is 1.43 bits per heavy atom. The van der Waals surface area contributed by atoms with Gasteiger partial charge in [0.15, 0.2) is 5.75 Å². The molecule has 0 atom stereocenters. The quantitative estimate of drug-likeness (QED) is 0.315. The first-order valence-electron chi connectivity index (χ1n) is 6.34. The molecule has 8 heteroatoms. The molecule has 1 aromatic carbocycles. The molecule has 7 nitrogen and oxygen atoms in total. The number of nitrogens with one attached hydrogen (secondary N) is 1. The molecule has 116 valence electrons. The number of benzene rings is 1. The van der Waals surface area contributed by atoms with Gasteiger partial charge < -0.3 is 14.8 Å². The van der Waals surface area contributed by atoms with Crippen molar-refractivity contribution in [1.82, 2.24) is 5.32 Å². The van der Waals surface area contributed by atoms with Crippen LogP contribution in [0.25, 0.3) is 0 Å². The normalized spacial score (nSPS) is 10.2. The highest BCUT2D eigenvalue weighted by Crippen LogP contribution is 2.27. The van der Waals surface area contributed by atoms with Crippen LogP contribution in [0.1, 0.15) is 16.8 Å². The third kappa shape index (κ3) is 5.68. The van der Waals surface area contributed by atoms with Crippen LogP contribution in [-0.4, -0.2) is 43.0 Å². The second-order valence-electron chi connectivity index (χ2n) is 4.05. The third-order valence-electron chi connectivity index (χ3n) is 2.61. The summed E-state index contributed by atoms with van der Waals surface area (Å²) in [5, 5.41) is 14.3. The van der Waals surface area contributed by atoms with Crippen LogP contribution < -0.4 is 10.1 Å². The van der Waals surface area contributed by atoms with Crippen LogP contribution >= 0.6 is 15.9 Å². The SMILES string of the molecule is COc1cc(C(=O)NCCCOCCBr)ccc1[N+](=O)[O-]. The summed E-state index contributed by atoms with van der Waals surface area (Å²) in [5.74, 6) is -0.239. The van der Waals surface area contributed by atoms with Gasteiger partial charge in [-0.05, 0) is 12.5 Å². The summed E-state index contributed by atoms with van der Waals surface area (Å²) in [5.41, 5.74) is 0.149. The molecule has 0 unspecified atom stereocenters. The molecule has 21 heavy (non-hydrogen) atoms. The number of nitro benzene ring substituents is 1. The fourth-order valence-electron chi connectivity index (χ4n) is 1.60. The van der Waals surface area contributed by atoms with Crippen molar-refractivity contribution in [2.24, 2.45) is 0 Å². The van der Waals surface area contributed by atoms with Crippen LogP contribution in [0.5, 0.6) is 5.75 Å². The number of amides is 1. The molecule has 0 bridgehead atoms. The third-order valence-corrected chi connectivity index (χ3v) is 2.93. The minimum absolute atomic E-state index is 0.0632. The van der Waals surface area contributed by atoms with Crippen molar-refractivity contribution in [3.8, 4) is 5.75 Å². The molecule has 0 aliphatic rings. The van der Waals surface area contributed by atoms with Crippen molar-refractivity contribution in [2.75, 3.05) is 32.2 Å². The van der Waals surface area contributed by atoms with Crippen molar-refractivity contribution in [3.05, 3.63) is 33.9 Å². The number of carbonyl (C=O) groups is 1. The molecule has 0 radical (unpaired) electrons. The largest absolute Gasteiger partial charge is 0.490 e. The minimum Gasteiger partial charge on any atom is -0.490 e. The van der Waals surface area contributed by atoms with Crippen molar-refractivity contribution in [1.29, 1.82) is 0 Å².